The summed E-state index contributed by atoms with van der Waals surface area (Å²) in [5, 5.41) is 3.06. The monoisotopic (exact) mass is 278 g/mol. The van der Waals surface area contributed by atoms with Gasteiger partial charge in [0, 0.05) is 44.5 Å². The van der Waals surface area contributed by atoms with Crippen LogP contribution in [0.2, 0.25) is 0 Å². The van der Waals surface area contributed by atoms with Gasteiger partial charge in [-0.15, -0.1) is 0 Å². The maximum atomic E-state index is 12.5. The molecule has 0 aliphatic carbocycles. The van der Waals surface area contributed by atoms with E-state index in [2.05, 4.69) is 15.2 Å². The largest absolute Gasteiger partial charge is 0.337 e. The van der Waals surface area contributed by atoms with E-state index in [1.165, 1.54) is 0 Å². The molecule has 112 valence electrons. The van der Waals surface area contributed by atoms with Gasteiger partial charge in [0.15, 0.2) is 0 Å². The zero-order chi connectivity index (χ0) is 15.0. The normalized spacial score (nSPS) is 12.4. The Morgan fingerprint density at radius 1 is 1.40 bits per heavy atom. The van der Waals surface area contributed by atoms with Crippen LogP contribution in [0.5, 0.6) is 0 Å². The number of likely N-dealkylation sites (N-methyl/N-ethyl adjacent to an activating group) is 1. The van der Waals surface area contributed by atoms with Gasteiger partial charge in [-0.3, -0.25) is 9.78 Å². The molecule has 1 heterocycles. The van der Waals surface area contributed by atoms with Gasteiger partial charge >= 0.3 is 0 Å². The van der Waals surface area contributed by atoms with Gasteiger partial charge in [0.25, 0.3) is 0 Å². The third-order valence-electron chi connectivity index (χ3n) is 3.16. The van der Waals surface area contributed by atoms with Crippen LogP contribution >= 0.6 is 0 Å². The fraction of sp³-hybridized carbons (Fsp3) is 0.600. The second-order valence-electron chi connectivity index (χ2n) is 5.38. The summed E-state index contributed by atoms with van der Waals surface area (Å²) in [6.45, 7) is 4.87. The summed E-state index contributed by atoms with van der Waals surface area (Å²) in [5.41, 5.74) is 1.07. The SMILES string of the molecule is CNCC(C)C(=O)N(CCN(C)C)Cc1cccnc1. The van der Waals surface area contributed by atoms with E-state index in [1.54, 1.807) is 6.20 Å². The highest BCUT2D eigenvalue weighted by Crippen LogP contribution is 2.08. The van der Waals surface area contributed by atoms with E-state index in [1.807, 2.05) is 51.3 Å². The van der Waals surface area contributed by atoms with E-state index >= 15 is 0 Å². The van der Waals surface area contributed by atoms with Crippen molar-refractivity contribution in [1.29, 1.82) is 0 Å². The third kappa shape index (κ3) is 5.67. The quantitative estimate of drug-likeness (QED) is 0.765. The molecule has 1 rings (SSSR count). The molecule has 1 aromatic heterocycles. The van der Waals surface area contributed by atoms with Crippen molar-refractivity contribution >= 4 is 5.91 Å². The second-order valence-corrected chi connectivity index (χ2v) is 5.38. The topological polar surface area (TPSA) is 48.5 Å². The second kappa shape index (κ2) is 8.66. The molecule has 5 nitrogen and oxygen atoms in total. The molecule has 1 unspecified atom stereocenters. The van der Waals surface area contributed by atoms with Gasteiger partial charge in [-0.25, -0.2) is 0 Å². The molecule has 20 heavy (non-hydrogen) atoms. The Morgan fingerprint density at radius 2 is 2.15 bits per heavy atom. The van der Waals surface area contributed by atoms with Crippen molar-refractivity contribution in [2.75, 3.05) is 40.8 Å². The lowest BCUT2D eigenvalue weighted by molar-refractivity contribution is -0.135. The predicted octanol–water partition coefficient (Wildman–Crippen LogP) is 0.827. The van der Waals surface area contributed by atoms with E-state index in [0.29, 0.717) is 13.1 Å². The van der Waals surface area contributed by atoms with Crippen LogP contribution in [0.4, 0.5) is 0 Å². The van der Waals surface area contributed by atoms with Crippen molar-refractivity contribution in [2.24, 2.45) is 5.92 Å². The minimum absolute atomic E-state index is 0.0150. The summed E-state index contributed by atoms with van der Waals surface area (Å²) in [4.78, 5) is 20.6. The molecule has 1 N–H and O–H groups in total. The molecule has 0 fully saturated rings. The molecular formula is C15H26N4O. The number of pyridine rings is 1. The molecular weight excluding hydrogens is 252 g/mol. The van der Waals surface area contributed by atoms with Crippen molar-refractivity contribution in [3.05, 3.63) is 30.1 Å². The molecule has 0 bridgehead atoms. The van der Waals surface area contributed by atoms with Gasteiger partial charge in [0.2, 0.25) is 5.91 Å². The zero-order valence-corrected chi connectivity index (χ0v) is 13.0. The average Bonchev–Trinajstić information content (AvgIpc) is 2.44. The Morgan fingerprint density at radius 3 is 2.70 bits per heavy atom. The minimum atomic E-state index is -0.0150. The number of rotatable bonds is 8. The van der Waals surface area contributed by atoms with Gasteiger partial charge in [-0.2, -0.15) is 0 Å². The van der Waals surface area contributed by atoms with Crippen molar-refractivity contribution in [1.82, 2.24) is 20.1 Å². The zero-order valence-electron chi connectivity index (χ0n) is 13.0. The summed E-state index contributed by atoms with van der Waals surface area (Å²) in [5.74, 6) is 0.170. The van der Waals surface area contributed by atoms with Crippen LogP contribution in [-0.2, 0) is 11.3 Å². The maximum Gasteiger partial charge on any atom is 0.227 e. The first kappa shape index (κ1) is 16.6. The van der Waals surface area contributed by atoms with Crippen LogP contribution in [-0.4, -0.2) is 61.5 Å². The first-order chi connectivity index (χ1) is 9.54. The molecule has 5 heteroatoms. The maximum absolute atomic E-state index is 12.5. The number of aromatic nitrogens is 1. The summed E-state index contributed by atoms with van der Waals surface area (Å²) < 4.78 is 0. The first-order valence-electron chi connectivity index (χ1n) is 7.01. The summed E-state index contributed by atoms with van der Waals surface area (Å²) in [6.07, 6.45) is 3.57. The highest BCUT2D eigenvalue weighted by Gasteiger charge is 2.20. The highest BCUT2D eigenvalue weighted by atomic mass is 16.2. The fourth-order valence-corrected chi connectivity index (χ4v) is 2.01. The van der Waals surface area contributed by atoms with Crippen molar-refractivity contribution in [3.63, 3.8) is 0 Å². The van der Waals surface area contributed by atoms with E-state index in [-0.39, 0.29) is 11.8 Å². The first-order valence-corrected chi connectivity index (χ1v) is 7.01. The van der Waals surface area contributed by atoms with Crippen LogP contribution < -0.4 is 5.32 Å². The van der Waals surface area contributed by atoms with E-state index in [4.69, 9.17) is 0 Å². The number of carbonyl (C=O) groups is 1. The molecule has 0 saturated heterocycles. The molecule has 0 radical (unpaired) electrons. The van der Waals surface area contributed by atoms with Gasteiger partial charge in [-0.1, -0.05) is 13.0 Å². The highest BCUT2D eigenvalue weighted by molar-refractivity contribution is 5.78. The molecule has 1 atom stereocenters. The predicted molar refractivity (Wildman–Crippen MR) is 81.3 cm³/mol. The van der Waals surface area contributed by atoms with Crippen LogP contribution in [0.1, 0.15) is 12.5 Å². The third-order valence-corrected chi connectivity index (χ3v) is 3.16. The molecule has 0 spiro atoms. The number of amides is 1. The van der Waals surface area contributed by atoms with Crippen LogP contribution in [0.25, 0.3) is 0 Å². The number of nitrogens with one attached hydrogen (secondary N) is 1. The molecule has 0 aliphatic heterocycles. The Hall–Kier alpha value is -1.46. The number of nitrogens with zero attached hydrogens (tertiary/aromatic N) is 3. The average molecular weight is 278 g/mol. The summed E-state index contributed by atoms with van der Waals surface area (Å²) in [7, 11) is 5.91. The summed E-state index contributed by atoms with van der Waals surface area (Å²) >= 11 is 0. The Kier molecular flexibility index (Phi) is 7.18. The van der Waals surface area contributed by atoms with Gasteiger partial charge in [-0.05, 0) is 32.8 Å². The molecule has 0 aliphatic rings. The molecule has 0 aromatic carbocycles. The molecule has 1 aromatic rings. The lowest BCUT2D eigenvalue weighted by Crippen LogP contribution is -2.41. The lowest BCUT2D eigenvalue weighted by atomic mass is 10.1. The Labute approximate surface area is 122 Å². The number of hydrogen-bond donors (Lipinski definition) is 1. The van der Waals surface area contributed by atoms with Crippen LogP contribution in [0, 0.1) is 5.92 Å². The number of carbonyl (C=O) groups excluding carboxylic acids is 1. The molecule has 1 amide bonds. The standard InChI is InChI=1S/C15H26N4O/c1-13(10-16-2)15(20)19(9-8-18(3)4)12-14-6-5-7-17-11-14/h5-7,11,13,16H,8-10,12H2,1-4H3. The van der Waals surface area contributed by atoms with E-state index < -0.39 is 0 Å². The minimum Gasteiger partial charge on any atom is -0.337 e. The smallest absolute Gasteiger partial charge is 0.227 e. The van der Waals surface area contributed by atoms with Gasteiger partial charge in [0.1, 0.15) is 0 Å². The summed E-state index contributed by atoms with van der Waals surface area (Å²) in [6, 6.07) is 3.91. The van der Waals surface area contributed by atoms with Crippen molar-refractivity contribution in [3.8, 4) is 0 Å². The lowest BCUT2D eigenvalue weighted by Gasteiger charge is -2.27. The van der Waals surface area contributed by atoms with Crippen LogP contribution in [0.3, 0.4) is 0 Å². The van der Waals surface area contributed by atoms with Crippen molar-refractivity contribution in [2.45, 2.75) is 13.5 Å². The number of hydrogen-bond acceptors (Lipinski definition) is 4. The van der Waals surface area contributed by atoms with Crippen LogP contribution in [0.15, 0.2) is 24.5 Å². The van der Waals surface area contributed by atoms with Gasteiger partial charge < -0.3 is 15.1 Å². The van der Waals surface area contributed by atoms with Crippen molar-refractivity contribution < 1.29 is 4.79 Å². The molecule has 0 saturated carbocycles. The fourth-order valence-electron chi connectivity index (χ4n) is 2.01. The van der Waals surface area contributed by atoms with Gasteiger partial charge in [0.05, 0.1) is 0 Å². The Bertz CT molecular complexity index is 394. The van der Waals surface area contributed by atoms with E-state index in [0.717, 1.165) is 18.7 Å². The Balaban J connectivity index is 2.71. The van der Waals surface area contributed by atoms with E-state index in [9.17, 15) is 4.79 Å².